The fraction of sp³-hybridized carbons (Fsp3) is 0.286. The normalized spacial score (nSPS) is 9.72. The molecule has 4 heteroatoms. The highest BCUT2D eigenvalue weighted by atomic mass is 16.5. The highest BCUT2D eigenvalue weighted by Crippen LogP contribution is 2.27. The lowest BCUT2D eigenvalue weighted by molar-refractivity contribution is -0.136. The van der Waals surface area contributed by atoms with E-state index < -0.39 is 5.97 Å². The van der Waals surface area contributed by atoms with Crippen LogP contribution in [0, 0.1) is 6.92 Å². The van der Waals surface area contributed by atoms with Crippen LogP contribution in [0.25, 0.3) is 0 Å². The lowest BCUT2D eigenvalue weighted by Crippen LogP contribution is -2.27. The number of benzene rings is 1. The molecule has 1 aromatic carbocycles. The van der Waals surface area contributed by atoms with Gasteiger partial charge in [-0.15, -0.1) is 0 Å². The van der Waals surface area contributed by atoms with Gasteiger partial charge in [0.25, 0.3) is 0 Å². The summed E-state index contributed by atoms with van der Waals surface area (Å²) < 4.78 is 4.59. The first kappa shape index (κ1) is 14.0. The molecule has 0 aliphatic rings. The van der Waals surface area contributed by atoms with Crippen LogP contribution >= 0.6 is 0 Å². The second kappa shape index (κ2) is 6.00. The summed E-state index contributed by atoms with van der Waals surface area (Å²) in [5, 5.41) is 0. The van der Waals surface area contributed by atoms with Crippen molar-refractivity contribution in [2.24, 2.45) is 0 Å². The summed E-state index contributed by atoms with van der Waals surface area (Å²) in [6, 6.07) is 5.72. The molecule has 1 aromatic rings. The lowest BCUT2D eigenvalue weighted by atomic mass is 10.0. The van der Waals surface area contributed by atoms with Gasteiger partial charge in [-0.05, 0) is 24.5 Å². The summed E-state index contributed by atoms with van der Waals surface area (Å²) in [4.78, 5) is 24.0. The SMILES string of the molecule is C=C(C(=O)OC)N(C=O)c1c(C)cccc1CC. The quantitative estimate of drug-likeness (QED) is 0.455. The van der Waals surface area contributed by atoms with Crippen LogP contribution in [0.15, 0.2) is 30.5 Å². The number of aryl methyl sites for hydroxylation is 2. The van der Waals surface area contributed by atoms with Crippen LogP contribution in [-0.4, -0.2) is 19.5 Å². The lowest BCUT2D eigenvalue weighted by Gasteiger charge is -2.23. The Morgan fingerprint density at radius 2 is 2.17 bits per heavy atom. The number of amides is 1. The van der Waals surface area contributed by atoms with Crippen molar-refractivity contribution < 1.29 is 14.3 Å². The van der Waals surface area contributed by atoms with Gasteiger partial charge < -0.3 is 4.74 Å². The van der Waals surface area contributed by atoms with E-state index in [1.165, 1.54) is 12.0 Å². The third kappa shape index (κ3) is 2.59. The van der Waals surface area contributed by atoms with E-state index in [0.717, 1.165) is 17.5 Å². The maximum Gasteiger partial charge on any atom is 0.354 e. The molecule has 0 aliphatic carbocycles. The molecule has 0 aromatic heterocycles. The van der Waals surface area contributed by atoms with Crippen LogP contribution in [0.2, 0.25) is 0 Å². The number of nitrogens with zero attached hydrogens (tertiary/aromatic N) is 1. The predicted octanol–water partition coefficient (Wildman–Crippen LogP) is 2.21. The minimum Gasteiger partial charge on any atom is -0.464 e. The van der Waals surface area contributed by atoms with E-state index in [4.69, 9.17) is 0 Å². The first-order chi connectivity index (χ1) is 8.56. The van der Waals surface area contributed by atoms with Crippen molar-refractivity contribution in [1.82, 2.24) is 0 Å². The maximum absolute atomic E-state index is 11.5. The summed E-state index contributed by atoms with van der Waals surface area (Å²) in [7, 11) is 1.26. The number of ether oxygens (including phenoxy) is 1. The zero-order valence-electron chi connectivity index (χ0n) is 10.9. The van der Waals surface area contributed by atoms with Gasteiger partial charge in [-0.3, -0.25) is 9.69 Å². The highest BCUT2D eigenvalue weighted by molar-refractivity contribution is 6.00. The number of carbonyl (C=O) groups excluding carboxylic acids is 2. The number of rotatable bonds is 5. The van der Waals surface area contributed by atoms with Crippen molar-refractivity contribution in [3.05, 3.63) is 41.6 Å². The monoisotopic (exact) mass is 247 g/mol. The fourth-order valence-electron chi connectivity index (χ4n) is 1.82. The summed E-state index contributed by atoms with van der Waals surface area (Å²) in [6.45, 7) is 7.48. The van der Waals surface area contributed by atoms with E-state index in [9.17, 15) is 9.59 Å². The number of methoxy groups -OCH3 is 1. The molecule has 0 saturated carbocycles. The molecule has 0 aliphatic heterocycles. The highest BCUT2D eigenvalue weighted by Gasteiger charge is 2.20. The largest absolute Gasteiger partial charge is 0.464 e. The Labute approximate surface area is 107 Å². The molecule has 0 spiro atoms. The van der Waals surface area contributed by atoms with Gasteiger partial charge >= 0.3 is 5.97 Å². The van der Waals surface area contributed by atoms with Crippen molar-refractivity contribution in [3.63, 3.8) is 0 Å². The Balaban J connectivity index is 3.29. The van der Waals surface area contributed by atoms with Gasteiger partial charge in [0.2, 0.25) is 6.41 Å². The first-order valence-electron chi connectivity index (χ1n) is 5.67. The number of carbonyl (C=O) groups is 2. The summed E-state index contributed by atoms with van der Waals surface area (Å²) >= 11 is 0. The average molecular weight is 247 g/mol. The van der Waals surface area contributed by atoms with Crippen LogP contribution in [0.3, 0.4) is 0 Å². The Hall–Kier alpha value is -2.10. The van der Waals surface area contributed by atoms with E-state index in [1.54, 1.807) is 0 Å². The Bertz CT molecular complexity index is 480. The van der Waals surface area contributed by atoms with Crippen LogP contribution in [0.1, 0.15) is 18.1 Å². The number of hydrogen-bond acceptors (Lipinski definition) is 3. The third-order valence-corrected chi connectivity index (χ3v) is 2.76. The molecule has 0 unspecified atom stereocenters. The van der Waals surface area contributed by atoms with E-state index >= 15 is 0 Å². The fourth-order valence-corrected chi connectivity index (χ4v) is 1.82. The zero-order chi connectivity index (χ0) is 13.7. The minimum atomic E-state index is -0.618. The molecule has 18 heavy (non-hydrogen) atoms. The average Bonchev–Trinajstić information content (AvgIpc) is 2.39. The van der Waals surface area contributed by atoms with Crippen LogP contribution in [-0.2, 0) is 20.7 Å². The molecular formula is C14H17NO3. The molecule has 0 radical (unpaired) electrons. The molecule has 0 atom stereocenters. The summed E-state index contributed by atoms with van der Waals surface area (Å²) in [6.07, 6.45) is 1.34. The van der Waals surface area contributed by atoms with E-state index in [1.807, 2.05) is 32.0 Å². The Morgan fingerprint density at radius 3 is 2.67 bits per heavy atom. The van der Waals surface area contributed by atoms with E-state index in [2.05, 4.69) is 11.3 Å². The van der Waals surface area contributed by atoms with Crippen molar-refractivity contribution in [1.29, 1.82) is 0 Å². The zero-order valence-corrected chi connectivity index (χ0v) is 10.9. The predicted molar refractivity (Wildman–Crippen MR) is 70.3 cm³/mol. The van der Waals surface area contributed by atoms with Gasteiger partial charge in [0, 0.05) is 0 Å². The van der Waals surface area contributed by atoms with Gasteiger partial charge in [0.1, 0.15) is 5.70 Å². The number of esters is 1. The Kier molecular flexibility index (Phi) is 4.66. The van der Waals surface area contributed by atoms with E-state index in [0.29, 0.717) is 12.1 Å². The smallest absolute Gasteiger partial charge is 0.354 e. The van der Waals surface area contributed by atoms with Gasteiger partial charge in [0.05, 0.1) is 12.8 Å². The molecule has 4 nitrogen and oxygen atoms in total. The molecule has 0 bridgehead atoms. The van der Waals surface area contributed by atoms with Crippen molar-refractivity contribution in [2.45, 2.75) is 20.3 Å². The summed E-state index contributed by atoms with van der Waals surface area (Å²) in [5.41, 5.74) is 2.60. The number of anilines is 1. The second-order valence-electron chi connectivity index (χ2n) is 3.85. The van der Waals surface area contributed by atoms with Crippen molar-refractivity contribution >= 4 is 18.1 Å². The molecule has 0 fully saturated rings. The summed E-state index contributed by atoms with van der Waals surface area (Å²) in [5.74, 6) is -0.618. The number of para-hydroxylation sites is 1. The van der Waals surface area contributed by atoms with Crippen molar-refractivity contribution in [2.75, 3.05) is 12.0 Å². The third-order valence-electron chi connectivity index (χ3n) is 2.76. The van der Waals surface area contributed by atoms with Gasteiger partial charge in [-0.25, -0.2) is 4.79 Å². The Morgan fingerprint density at radius 1 is 1.50 bits per heavy atom. The minimum absolute atomic E-state index is 0.0106. The van der Waals surface area contributed by atoms with Crippen LogP contribution in [0.5, 0.6) is 0 Å². The standard InChI is InChI=1S/C14H17NO3/c1-5-12-8-6-7-10(2)13(12)15(9-16)11(3)14(17)18-4/h6-9H,3,5H2,1-2,4H3. The second-order valence-corrected chi connectivity index (χ2v) is 3.85. The van der Waals surface area contributed by atoms with E-state index in [-0.39, 0.29) is 5.70 Å². The van der Waals surface area contributed by atoms with Crippen LogP contribution in [0.4, 0.5) is 5.69 Å². The molecule has 0 N–H and O–H groups in total. The maximum atomic E-state index is 11.5. The molecule has 96 valence electrons. The molecule has 1 amide bonds. The first-order valence-corrected chi connectivity index (χ1v) is 5.67. The van der Waals surface area contributed by atoms with Crippen LogP contribution < -0.4 is 4.90 Å². The molecule has 0 saturated heterocycles. The topological polar surface area (TPSA) is 46.6 Å². The van der Waals surface area contributed by atoms with Gasteiger partial charge in [0.15, 0.2) is 0 Å². The van der Waals surface area contributed by atoms with Gasteiger partial charge in [-0.2, -0.15) is 0 Å². The molecule has 0 heterocycles. The van der Waals surface area contributed by atoms with Gasteiger partial charge in [-0.1, -0.05) is 31.7 Å². The number of hydrogen-bond donors (Lipinski definition) is 0. The van der Waals surface area contributed by atoms with Crippen molar-refractivity contribution in [3.8, 4) is 0 Å². The molecule has 1 rings (SSSR count). The molecular weight excluding hydrogens is 230 g/mol.